The summed E-state index contributed by atoms with van der Waals surface area (Å²) in [6, 6.07) is 17.7. The van der Waals surface area contributed by atoms with Gasteiger partial charge in [-0.05, 0) is 79.3 Å². The number of carbonyl (C=O) groups excluding carboxylic acids is 1. The van der Waals surface area contributed by atoms with Gasteiger partial charge in [0.05, 0.1) is 18.3 Å². The van der Waals surface area contributed by atoms with Crippen LogP contribution in [0.4, 0.5) is 14.9 Å². The standard InChI is InChI=1S/C27H23BrFN3OS/c28-18-5-3-6-20(15-18)30-27(33)32-16-22-21-7-1-2-9-24(21)34-26(22)31-14-4-8-23(31)25(32)17-10-12-19(29)13-11-17/h3-6,8,10-15,25H,1-2,7,9,16H2,(H,30,33)/t25-/m1/s1. The maximum absolute atomic E-state index is 13.8. The highest BCUT2D eigenvalue weighted by atomic mass is 79.9. The summed E-state index contributed by atoms with van der Waals surface area (Å²) in [5.41, 5.74) is 5.27. The smallest absolute Gasteiger partial charge is 0.310 e. The number of hydrogen-bond donors (Lipinski definition) is 1. The predicted octanol–water partition coefficient (Wildman–Crippen LogP) is 7.46. The van der Waals surface area contributed by atoms with Crippen molar-refractivity contribution < 1.29 is 9.18 Å². The van der Waals surface area contributed by atoms with Crippen LogP contribution in [-0.4, -0.2) is 15.5 Å². The summed E-state index contributed by atoms with van der Waals surface area (Å²) in [7, 11) is 0. The minimum absolute atomic E-state index is 0.177. The van der Waals surface area contributed by atoms with Crippen LogP contribution in [0.2, 0.25) is 0 Å². The second-order valence-electron chi connectivity index (χ2n) is 8.82. The van der Waals surface area contributed by atoms with Crippen molar-refractivity contribution in [1.29, 1.82) is 0 Å². The summed E-state index contributed by atoms with van der Waals surface area (Å²) < 4.78 is 16.9. The summed E-state index contributed by atoms with van der Waals surface area (Å²) in [6.45, 7) is 0.505. The van der Waals surface area contributed by atoms with Crippen molar-refractivity contribution in [2.45, 2.75) is 38.3 Å². The van der Waals surface area contributed by atoms with Crippen LogP contribution in [0, 0.1) is 5.82 Å². The first-order chi connectivity index (χ1) is 16.6. The fraction of sp³-hybridized carbons (Fsp3) is 0.222. The zero-order valence-electron chi connectivity index (χ0n) is 18.4. The van der Waals surface area contributed by atoms with E-state index in [1.165, 1.54) is 46.0 Å². The maximum atomic E-state index is 13.8. The fourth-order valence-corrected chi connectivity index (χ4v) is 6.95. The average molecular weight is 536 g/mol. The van der Waals surface area contributed by atoms with Crippen LogP contribution >= 0.6 is 27.3 Å². The minimum atomic E-state index is -0.346. The topological polar surface area (TPSA) is 37.3 Å². The molecule has 2 aromatic carbocycles. The second kappa shape index (κ2) is 8.71. The first-order valence-corrected chi connectivity index (χ1v) is 13.1. The third-order valence-electron chi connectivity index (χ3n) is 6.70. The Hall–Kier alpha value is -2.90. The van der Waals surface area contributed by atoms with Gasteiger partial charge in [0.1, 0.15) is 10.8 Å². The number of nitrogens with one attached hydrogen (secondary N) is 1. The number of nitrogens with zero attached hydrogens (tertiary/aromatic N) is 2. The number of aryl methyl sites for hydroxylation is 1. The Kier molecular flexibility index (Phi) is 5.54. The lowest BCUT2D eigenvalue weighted by atomic mass is 9.95. The molecule has 7 heteroatoms. The van der Waals surface area contributed by atoms with Gasteiger partial charge in [0, 0.05) is 26.8 Å². The largest absolute Gasteiger partial charge is 0.322 e. The molecule has 1 aliphatic carbocycles. The molecule has 4 nitrogen and oxygen atoms in total. The molecule has 4 aromatic rings. The number of anilines is 1. The molecule has 3 heterocycles. The van der Waals surface area contributed by atoms with E-state index in [9.17, 15) is 9.18 Å². The van der Waals surface area contributed by atoms with Crippen molar-refractivity contribution in [1.82, 2.24) is 9.47 Å². The number of rotatable bonds is 2. The number of amides is 2. The average Bonchev–Trinajstić information content (AvgIpc) is 3.42. The Morgan fingerprint density at radius 2 is 1.85 bits per heavy atom. The first kappa shape index (κ1) is 21.6. The van der Waals surface area contributed by atoms with Crippen LogP contribution in [0.15, 0.2) is 71.3 Å². The van der Waals surface area contributed by atoms with Crippen LogP contribution in [0.5, 0.6) is 0 Å². The van der Waals surface area contributed by atoms with Crippen LogP contribution in [0.3, 0.4) is 0 Å². The Labute approximate surface area is 210 Å². The molecule has 0 bridgehead atoms. The summed E-state index contributed by atoms with van der Waals surface area (Å²) in [5, 5.41) is 4.30. The Bertz CT molecular complexity index is 1380. The molecule has 6 rings (SSSR count). The van der Waals surface area contributed by atoms with E-state index in [2.05, 4.69) is 38.1 Å². The zero-order valence-corrected chi connectivity index (χ0v) is 20.8. The van der Waals surface area contributed by atoms with Crippen molar-refractivity contribution in [2.75, 3.05) is 5.32 Å². The number of fused-ring (bicyclic) bond motifs is 5. The zero-order chi connectivity index (χ0) is 23.2. The van der Waals surface area contributed by atoms with E-state index in [0.717, 1.165) is 34.3 Å². The van der Waals surface area contributed by atoms with E-state index in [0.29, 0.717) is 6.54 Å². The molecule has 0 unspecified atom stereocenters. The van der Waals surface area contributed by atoms with Gasteiger partial charge < -0.3 is 14.8 Å². The van der Waals surface area contributed by atoms with E-state index in [-0.39, 0.29) is 17.9 Å². The normalized spacial score (nSPS) is 16.9. The van der Waals surface area contributed by atoms with Crippen LogP contribution in [0.1, 0.15) is 46.1 Å². The molecule has 0 saturated carbocycles. The van der Waals surface area contributed by atoms with E-state index in [1.807, 2.05) is 46.6 Å². The molecular formula is C27H23BrFN3OS. The number of thiophene rings is 1. The van der Waals surface area contributed by atoms with Crippen molar-refractivity contribution in [3.8, 4) is 5.00 Å². The number of benzene rings is 2. The molecular weight excluding hydrogens is 513 g/mol. The summed E-state index contributed by atoms with van der Waals surface area (Å²) in [6.07, 6.45) is 6.65. The van der Waals surface area contributed by atoms with Crippen molar-refractivity contribution >= 4 is 39.0 Å². The van der Waals surface area contributed by atoms with Crippen molar-refractivity contribution in [3.05, 3.63) is 104 Å². The molecule has 2 amide bonds. The third kappa shape index (κ3) is 3.77. The number of hydrogen-bond acceptors (Lipinski definition) is 2. The first-order valence-electron chi connectivity index (χ1n) is 11.5. The Balaban J connectivity index is 1.50. The Morgan fingerprint density at radius 1 is 1.03 bits per heavy atom. The third-order valence-corrected chi connectivity index (χ3v) is 8.53. The molecule has 2 aromatic heterocycles. The highest BCUT2D eigenvalue weighted by Gasteiger charge is 2.36. The lowest BCUT2D eigenvalue weighted by Crippen LogP contribution is -2.38. The van der Waals surface area contributed by atoms with E-state index >= 15 is 0 Å². The molecule has 1 aliphatic heterocycles. The number of halogens is 2. The molecule has 2 aliphatic rings. The Morgan fingerprint density at radius 3 is 2.68 bits per heavy atom. The number of carbonyl (C=O) groups is 1. The maximum Gasteiger partial charge on any atom is 0.322 e. The van der Waals surface area contributed by atoms with Gasteiger partial charge in [-0.15, -0.1) is 11.3 Å². The van der Waals surface area contributed by atoms with E-state index in [1.54, 1.807) is 12.1 Å². The van der Waals surface area contributed by atoms with Crippen molar-refractivity contribution in [2.24, 2.45) is 0 Å². The monoisotopic (exact) mass is 535 g/mol. The van der Waals surface area contributed by atoms with Crippen LogP contribution in [0.25, 0.3) is 5.00 Å². The fourth-order valence-electron chi connectivity index (χ4n) is 5.14. The molecule has 1 N–H and O–H groups in total. The minimum Gasteiger partial charge on any atom is -0.310 e. The highest BCUT2D eigenvalue weighted by Crippen LogP contribution is 2.44. The molecule has 0 radical (unpaired) electrons. The lowest BCUT2D eigenvalue weighted by molar-refractivity contribution is 0.194. The van der Waals surface area contributed by atoms with E-state index < -0.39 is 0 Å². The van der Waals surface area contributed by atoms with E-state index in [4.69, 9.17) is 0 Å². The SMILES string of the molecule is O=C(Nc1cccc(Br)c1)N1Cc2c(sc3c2CCCC3)-n2cccc2[C@H]1c1ccc(F)cc1. The second-order valence-corrected chi connectivity index (χ2v) is 10.8. The molecule has 172 valence electrons. The molecule has 0 spiro atoms. The lowest BCUT2D eigenvalue weighted by Gasteiger charge is -2.31. The quantitative estimate of drug-likeness (QED) is 0.284. The molecule has 34 heavy (non-hydrogen) atoms. The molecule has 0 saturated heterocycles. The van der Waals surface area contributed by atoms with Crippen LogP contribution in [-0.2, 0) is 19.4 Å². The van der Waals surface area contributed by atoms with Crippen molar-refractivity contribution in [3.63, 3.8) is 0 Å². The van der Waals surface area contributed by atoms with Crippen LogP contribution < -0.4 is 5.32 Å². The van der Waals surface area contributed by atoms with Gasteiger partial charge in [0.25, 0.3) is 0 Å². The summed E-state index contributed by atoms with van der Waals surface area (Å²) in [4.78, 5) is 17.2. The number of urea groups is 1. The van der Waals surface area contributed by atoms with Gasteiger partial charge in [-0.25, -0.2) is 9.18 Å². The van der Waals surface area contributed by atoms with Gasteiger partial charge in [0.2, 0.25) is 0 Å². The predicted molar refractivity (Wildman–Crippen MR) is 137 cm³/mol. The van der Waals surface area contributed by atoms with Gasteiger partial charge in [0.15, 0.2) is 0 Å². The van der Waals surface area contributed by atoms with Gasteiger partial charge in [-0.2, -0.15) is 0 Å². The van der Waals surface area contributed by atoms with Gasteiger partial charge in [-0.1, -0.05) is 34.1 Å². The molecule has 1 atom stereocenters. The number of aromatic nitrogens is 1. The highest BCUT2D eigenvalue weighted by molar-refractivity contribution is 9.10. The summed E-state index contributed by atoms with van der Waals surface area (Å²) >= 11 is 5.34. The molecule has 0 fully saturated rings. The summed E-state index contributed by atoms with van der Waals surface area (Å²) in [5.74, 6) is -0.286. The van der Waals surface area contributed by atoms with Gasteiger partial charge >= 0.3 is 6.03 Å². The van der Waals surface area contributed by atoms with Gasteiger partial charge in [-0.3, -0.25) is 0 Å².